The second-order valence-electron chi connectivity index (χ2n) is 10.7. The van der Waals surface area contributed by atoms with Gasteiger partial charge in [-0.2, -0.15) is 0 Å². The monoisotopic (exact) mass is 575 g/mol. The molecule has 208 valence electrons. The second kappa shape index (κ2) is 10.6. The molecule has 1 fully saturated rings. The fraction of sp³-hybridized carbons (Fsp3) is 0.367. The first-order chi connectivity index (χ1) is 19.2. The van der Waals surface area contributed by atoms with Gasteiger partial charge in [0.05, 0.1) is 10.3 Å². The standard InChI is InChI=1S/C30H33N5O3S2/c1-20-8-10-21(11-9-20)27-31-28(26-24-6-4-5-7-25(24)39-29(26)32-27)34-16-18-35(19-17-34)30(36)22-12-14-23(15-13-22)40(37,38)33(2)3/h8-15H,4-7,16-19H2,1-3H3. The summed E-state index contributed by atoms with van der Waals surface area (Å²) < 4.78 is 26.0. The number of anilines is 1. The van der Waals surface area contributed by atoms with Gasteiger partial charge in [-0.15, -0.1) is 11.3 Å². The number of sulfonamides is 1. The lowest BCUT2D eigenvalue weighted by atomic mass is 9.96. The van der Waals surface area contributed by atoms with Crippen LogP contribution in [0.4, 0.5) is 5.82 Å². The van der Waals surface area contributed by atoms with Gasteiger partial charge in [0.1, 0.15) is 10.6 Å². The first-order valence-corrected chi connectivity index (χ1v) is 15.9. The zero-order chi connectivity index (χ0) is 28.0. The topological polar surface area (TPSA) is 86.7 Å². The number of hydrogen-bond donors (Lipinski definition) is 0. The molecule has 4 aromatic rings. The molecule has 3 heterocycles. The number of carbonyl (C=O) groups excluding carboxylic acids is 1. The number of carbonyl (C=O) groups is 1. The number of rotatable bonds is 5. The molecule has 0 N–H and O–H groups in total. The van der Waals surface area contributed by atoms with Crippen molar-refractivity contribution in [3.63, 3.8) is 0 Å². The van der Waals surface area contributed by atoms with E-state index in [-0.39, 0.29) is 10.8 Å². The highest BCUT2D eigenvalue weighted by Gasteiger charge is 2.28. The van der Waals surface area contributed by atoms with Crippen molar-refractivity contribution in [1.29, 1.82) is 0 Å². The van der Waals surface area contributed by atoms with Gasteiger partial charge in [0.25, 0.3) is 5.91 Å². The Hall–Kier alpha value is -3.34. The molecule has 0 spiro atoms. The van der Waals surface area contributed by atoms with Crippen LogP contribution in [-0.2, 0) is 22.9 Å². The molecule has 0 unspecified atom stereocenters. The smallest absolute Gasteiger partial charge is 0.253 e. The van der Waals surface area contributed by atoms with Gasteiger partial charge in [-0.05, 0) is 62.4 Å². The Morgan fingerprint density at radius 1 is 0.900 bits per heavy atom. The molecule has 0 atom stereocenters. The first kappa shape index (κ1) is 26.9. The highest BCUT2D eigenvalue weighted by Crippen LogP contribution is 2.41. The van der Waals surface area contributed by atoms with E-state index in [4.69, 9.17) is 9.97 Å². The fourth-order valence-electron chi connectivity index (χ4n) is 5.48. The molecule has 8 nitrogen and oxygen atoms in total. The zero-order valence-electron chi connectivity index (χ0n) is 23.1. The normalized spacial score (nSPS) is 16.0. The van der Waals surface area contributed by atoms with Crippen LogP contribution in [0.15, 0.2) is 53.4 Å². The van der Waals surface area contributed by atoms with Gasteiger partial charge in [0.15, 0.2) is 5.82 Å². The average molecular weight is 576 g/mol. The van der Waals surface area contributed by atoms with Crippen molar-refractivity contribution in [3.8, 4) is 11.4 Å². The minimum absolute atomic E-state index is 0.0884. The number of aromatic nitrogens is 2. The third-order valence-electron chi connectivity index (χ3n) is 7.85. The SMILES string of the molecule is Cc1ccc(-c2nc(N3CCN(C(=O)c4ccc(S(=O)(=O)N(C)C)cc4)CC3)c3c4c(sc3n2)CCCC4)cc1. The Labute approximate surface area is 239 Å². The van der Waals surface area contributed by atoms with Gasteiger partial charge in [0.2, 0.25) is 10.0 Å². The van der Waals surface area contributed by atoms with Gasteiger partial charge in [-0.3, -0.25) is 4.79 Å². The van der Waals surface area contributed by atoms with E-state index in [2.05, 4.69) is 36.1 Å². The van der Waals surface area contributed by atoms with Crippen LogP contribution >= 0.6 is 11.3 Å². The van der Waals surface area contributed by atoms with Gasteiger partial charge in [0, 0.05) is 56.3 Å². The largest absolute Gasteiger partial charge is 0.352 e. The van der Waals surface area contributed by atoms with Gasteiger partial charge >= 0.3 is 0 Å². The van der Waals surface area contributed by atoms with E-state index in [9.17, 15) is 13.2 Å². The molecule has 2 aliphatic rings. The van der Waals surface area contributed by atoms with Crippen molar-refractivity contribution >= 4 is 43.3 Å². The van der Waals surface area contributed by atoms with Crippen molar-refractivity contribution in [2.75, 3.05) is 45.2 Å². The summed E-state index contributed by atoms with van der Waals surface area (Å²) in [7, 11) is -0.547. The molecule has 1 aliphatic carbocycles. The van der Waals surface area contributed by atoms with E-state index in [0.717, 1.165) is 34.9 Å². The molecule has 2 aromatic heterocycles. The van der Waals surface area contributed by atoms with Gasteiger partial charge in [-0.1, -0.05) is 29.8 Å². The molecule has 0 bridgehead atoms. The molecular formula is C30H33N5O3S2. The Bertz CT molecular complexity index is 1670. The number of aryl methyl sites for hydroxylation is 3. The summed E-state index contributed by atoms with van der Waals surface area (Å²) in [6.45, 7) is 4.54. The molecule has 0 saturated carbocycles. The highest BCUT2D eigenvalue weighted by atomic mass is 32.2. The van der Waals surface area contributed by atoms with Crippen LogP contribution in [-0.4, -0.2) is 73.8 Å². The summed E-state index contributed by atoms with van der Waals surface area (Å²) in [5.41, 5.74) is 4.10. The van der Waals surface area contributed by atoms with Gasteiger partial charge < -0.3 is 9.80 Å². The van der Waals surface area contributed by atoms with Crippen LogP contribution < -0.4 is 4.90 Å². The minimum Gasteiger partial charge on any atom is -0.352 e. The molecule has 0 radical (unpaired) electrons. The quantitative estimate of drug-likeness (QED) is 0.341. The molecule has 6 rings (SSSR count). The van der Waals surface area contributed by atoms with Crippen molar-refractivity contribution in [1.82, 2.24) is 19.2 Å². The lowest BCUT2D eigenvalue weighted by Gasteiger charge is -2.36. The predicted octanol–water partition coefficient (Wildman–Crippen LogP) is 4.76. The summed E-state index contributed by atoms with van der Waals surface area (Å²) >= 11 is 1.81. The maximum Gasteiger partial charge on any atom is 0.253 e. The van der Waals surface area contributed by atoms with E-state index < -0.39 is 10.0 Å². The van der Waals surface area contributed by atoms with Crippen LogP contribution in [0, 0.1) is 6.92 Å². The Balaban J connectivity index is 1.26. The summed E-state index contributed by atoms with van der Waals surface area (Å²) in [5, 5.41) is 1.19. The molecular weight excluding hydrogens is 542 g/mol. The maximum absolute atomic E-state index is 13.3. The molecule has 1 saturated heterocycles. The molecule has 1 aliphatic heterocycles. The number of piperazine rings is 1. The van der Waals surface area contributed by atoms with Gasteiger partial charge in [-0.25, -0.2) is 22.7 Å². The fourth-order valence-corrected chi connectivity index (χ4v) is 7.64. The predicted molar refractivity (Wildman–Crippen MR) is 160 cm³/mol. The van der Waals surface area contributed by atoms with E-state index in [1.165, 1.54) is 64.8 Å². The Morgan fingerprint density at radius 3 is 2.25 bits per heavy atom. The van der Waals surface area contributed by atoms with Crippen LogP contribution in [0.3, 0.4) is 0 Å². The summed E-state index contributed by atoms with van der Waals surface area (Å²) in [6, 6.07) is 14.6. The second-order valence-corrected chi connectivity index (χ2v) is 14.0. The Morgan fingerprint density at radius 2 is 1.57 bits per heavy atom. The van der Waals surface area contributed by atoms with Crippen LogP contribution in [0.25, 0.3) is 21.6 Å². The summed E-state index contributed by atoms with van der Waals surface area (Å²) in [4.78, 5) is 30.3. The zero-order valence-corrected chi connectivity index (χ0v) is 24.7. The van der Waals surface area contributed by atoms with Crippen molar-refractivity contribution in [2.45, 2.75) is 37.5 Å². The third-order valence-corrected chi connectivity index (χ3v) is 10.9. The van der Waals surface area contributed by atoms with E-state index in [1.54, 1.807) is 12.1 Å². The van der Waals surface area contributed by atoms with Crippen molar-refractivity contribution in [2.24, 2.45) is 0 Å². The third kappa shape index (κ3) is 4.88. The number of fused-ring (bicyclic) bond motifs is 3. The average Bonchev–Trinajstić information content (AvgIpc) is 3.35. The number of nitrogens with zero attached hydrogens (tertiary/aromatic N) is 5. The number of thiophene rings is 1. The molecule has 1 amide bonds. The molecule has 2 aromatic carbocycles. The number of amides is 1. The summed E-state index contributed by atoms with van der Waals surface area (Å²) in [6.07, 6.45) is 4.57. The number of benzene rings is 2. The van der Waals surface area contributed by atoms with E-state index in [1.807, 2.05) is 16.2 Å². The molecule has 40 heavy (non-hydrogen) atoms. The van der Waals surface area contributed by atoms with E-state index in [0.29, 0.717) is 31.7 Å². The maximum atomic E-state index is 13.3. The number of hydrogen-bond acceptors (Lipinski definition) is 7. The van der Waals surface area contributed by atoms with Crippen LogP contribution in [0.5, 0.6) is 0 Å². The summed E-state index contributed by atoms with van der Waals surface area (Å²) in [5.74, 6) is 1.63. The van der Waals surface area contributed by atoms with Crippen LogP contribution in [0.1, 0.15) is 39.2 Å². The van der Waals surface area contributed by atoms with E-state index >= 15 is 0 Å². The molecule has 10 heteroatoms. The van der Waals surface area contributed by atoms with Crippen molar-refractivity contribution < 1.29 is 13.2 Å². The van der Waals surface area contributed by atoms with Crippen molar-refractivity contribution in [3.05, 3.63) is 70.1 Å². The highest BCUT2D eigenvalue weighted by molar-refractivity contribution is 7.89. The first-order valence-electron chi connectivity index (χ1n) is 13.7. The minimum atomic E-state index is -3.54. The lowest BCUT2D eigenvalue weighted by Crippen LogP contribution is -2.49. The Kier molecular flexibility index (Phi) is 7.10. The lowest BCUT2D eigenvalue weighted by molar-refractivity contribution is 0.0746. The van der Waals surface area contributed by atoms with Crippen LogP contribution in [0.2, 0.25) is 0 Å².